The molecule has 1 amide bonds. The largest absolute Gasteiger partial charge is 0.387 e. The number of aliphatic hydroxyl groups is 1. The lowest BCUT2D eigenvalue weighted by molar-refractivity contribution is -0.132. The zero-order valence-corrected chi connectivity index (χ0v) is 14.8. The molecular formula is C19H25N3O3. The number of carbonyl (C=O) groups excluding carboxylic acids is 1. The highest BCUT2D eigenvalue weighted by Gasteiger charge is 2.24. The average molecular weight is 343 g/mol. The Morgan fingerprint density at radius 1 is 1.20 bits per heavy atom. The summed E-state index contributed by atoms with van der Waals surface area (Å²) in [6, 6.07) is 9.69. The van der Waals surface area contributed by atoms with Crippen molar-refractivity contribution in [3.63, 3.8) is 0 Å². The first kappa shape index (κ1) is 17.6. The molecule has 1 aliphatic heterocycles. The summed E-state index contributed by atoms with van der Waals surface area (Å²) in [6.07, 6.45) is -0.154. The summed E-state index contributed by atoms with van der Waals surface area (Å²) in [5.74, 6) is 0.827. The van der Waals surface area contributed by atoms with Gasteiger partial charge >= 0.3 is 0 Å². The van der Waals surface area contributed by atoms with Crippen LogP contribution in [-0.2, 0) is 11.2 Å². The molecule has 25 heavy (non-hydrogen) atoms. The molecule has 1 saturated heterocycles. The number of aromatic nitrogens is 1. The van der Waals surface area contributed by atoms with Crippen molar-refractivity contribution in [3.05, 3.63) is 52.9 Å². The minimum absolute atomic E-state index is 0.109. The molecule has 6 nitrogen and oxygen atoms in total. The molecule has 2 heterocycles. The van der Waals surface area contributed by atoms with Gasteiger partial charge in [-0.2, -0.15) is 0 Å². The normalized spacial score (nSPS) is 16.8. The number of piperazine rings is 1. The fourth-order valence-electron chi connectivity index (χ4n) is 3.22. The smallest absolute Gasteiger partial charge is 0.227 e. The second kappa shape index (κ2) is 7.80. The molecule has 0 aliphatic carbocycles. The van der Waals surface area contributed by atoms with Crippen LogP contribution in [0.2, 0.25) is 0 Å². The summed E-state index contributed by atoms with van der Waals surface area (Å²) in [5.41, 5.74) is 2.61. The van der Waals surface area contributed by atoms with E-state index in [2.05, 4.69) is 10.1 Å². The van der Waals surface area contributed by atoms with Crippen LogP contribution in [0.4, 0.5) is 0 Å². The Kier molecular flexibility index (Phi) is 5.50. The summed E-state index contributed by atoms with van der Waals surface area (Å²) in [5, 5.41) is 14.2. The molecule has 1 aromatic heterocycles. The summed E-state index contributed by atoms with van der Waals surface area (Å²) in [6.45, 7) is 7.21. The molecule has 1 aliphatic rings. The van der Waals surface area contributed by atoms with Gasteiger partial charge in [-0.15, -0.1) is 0 Å². The molecule has 0 radical (unpaired) electrons. The van der Waals surface area contributed by atoms with E-state index in [1.165, 1.54) is 0 Å². The minimum atomic E-state index is -0.495. The predicted octanol–water partition coefficient (Wildman–Crippen LogP) is 1.71. The third kappa shape index (κ3) is 4.27. The summed E-state index contributed by atoms with van der Waals surface area (Å²) in [7, 11) is 0. The van der Waals surface area contributed by atoms with Gasteiger partial charge in [-0.05, 0) is 19.4 Å². The second-order valence-electron chi connectivity index (χ2n) is 6.59. The van der Waals surface area contributed by atoms with Crippen LogP contribution in [0.1, 0.15) is 28.7 Å². The van der Waals surface area contributed by atoms with Gasteiger partial charge in [-0.3, -0.25) is 9.69 Å². The fourth-order valence-corrected chi connectivity index (χ4v) is 3.22. The highest BCUT2D eigenvalue weighted by molar-refractivity contribution is 5.79. The molecule has 0 saturated carbocycles. The first-order valence-electron chi connectivity index (χ1n) is 8.69. The third-order valence-electron chi connectivity index (χ3n) is 4.85. The van der Waals surface area contributed by atoms with Gasteiger partial charge in [0.1, 0.15) is 5.76 Å². The quantitative estimate of drug-likeness (QED) is 0.895. The first-order chi connectivity index (χ1) is 12.0. The Bertz CT molecular complexity index is 686. The molecule has 6 heteroatoms. The van der Waals surface area contributed by atoms with Crippen LogP contribution in [-0.4, -0.2) is 58.7 Å². The summed E-state index contributed by atoms with van der Waals surface area (Å²) < 4.78 is 5.13. The van der Waals surface area contributed by atoms with E-state index in [-0.39, 0.29) is 5.91 Å². The lowest BCUT2D eigenvalue weighted by Crippen LogP contribution is -2.50. The fraction of sp³-hybridized carbons (Fsp3) is 0.474. The molecule has 134 valence electrons. The van der Waals surface area contributed by atoms with E-state index in [4.69, 9.17) is 4.52 Å². The van der Waals surface area contributed by atoms with Crippen molar-refractivity contribution >= 4 is 5.91 Å². The zero-order chi connectivity index (χ0) is 17.8. The van der Waals surface area contributed by atoms with Crippen LogP contribution in [0, 0.1) is 13.8 Å². The molecule has 0 spiro atoms. The van der Waals surface area contributed by atoms with Gasteiger partial charge in [0, 0.05) is 38.3 Å². The van der Waals surface area contributed by atoms with Crippen molar-refractivity contribution in [2.45, 2.75) is 26.4 Å². The van der Waals surface area contributed by atoms with E-state index in [1.807, 2.05) is 49.1 Å². The van der Waals surface area contributed by atoms with Gasteiger partial charge in [0.2, 0.25) is 5.91 Å². The lowest BCUT2D eigenvalue weighted by atomic mass is 10.1. The van der Waals surface area contributed by atoms with Crippen molar-refractivity contribution in [2.24, 2.45) is 0 Å². The third-order valence-corrected chi connectivity index (χ3v) is 4.85. The van der Waals surface area contributed by atoms with Crippen LogP contribution in [0.3, 0.4) is 0 Å². The highest BCUT2D eigenvalue weighted by atomic mass is 16.5. The Hall–Kier alpha value is -2.18. The Morgan fingerprint density at radius 3 is 2.48 bits per heavy atom. The predicted molar refractivity (Wildman–Crippen MR) is 94.1 cm³/mol. The number of hydrogen-bond acceptors (Lipinski definition) is 5. The second-order valence-corrected chi connectivity index (χ2v) is 6.59. The van der Waals surface area contributed by atoms with Gasteiger partial charge in [0.25, 0.3) is 0 Å². The maximum absolute atomic E-state index is 12.5. The summed E-state index contributed by atoms with van der Waals surface area (Å²) >= 11 is 0. The van der Waals surface area contributed by atoms with E-state index in [0.29, 0.717) is 26.1 Å². The van der Waals surface area contributed by atoms with E-state index < -0.39 is 6.10 Å². The molecule has 3 rings (SSSR count). The van der Waals surface area contributed by atoms with Crippen LogP contribution in [0.25, 0.3) is 0 Å². The number of aliphatic hydroxyl groups excluding tert-OH is 1. The maximum Gasteiger partial charge on any atom is 0.227 e. The number of carbonyl (C=O) groups is 1. The number of aryl methyl sites for hydroxylation is 2. The molecule has 0 unspecified atom stereocenters. The highest BCUT2D eigenvalue weighted by Crippen LogP contribution is 2.17. The Labute approximate surface area is 148 Å². The number of nitrogens with zero attached hydrogens (tertiary/aromatic N) is 3. The minimum Gasteiger partial charge on any atom is -0.387 e. The van der Waals surface area contributed by atoms with Crippen molar-refractivity contribution in [2.75, 3.05) is 32.7 Å². The van der Waals surface area contributed by atoms with Crippen molar-refractivity contribution in [1.29, 1.82) is 0 Å². The van der Waals surface area contributed by atoms with Gasteiger partial charge in [0.05, 0.1) is 18.2 Å². The topological polar surface area (TPSA) is 69.8 Å². The average Bonchev–Trinajstić information content (AvgIpc) is 2.95. The first-order valence-corrected chi connectivity index (χ1v) is 8.69. The molecule has 1 aromatic carbocycles. The number of rotatable bonds is 5. The summed E-state index contributed by atoms with van der Waals surface area (Å²) in [4.78, 5) is 16.6. The number of β-amino-alcohol motifs (C(OH)–C–C–N with tert-alkyl or cyclic N) is 1. The van der Waals surface area contributed by atoms with Crippen LogP contribution in [0.15, 0.2) is 34.9 Å². The molecule has 0 bridgehead atoms. The van der Waals surface area contributed by atoms with Crippen LogP contribution < -0.4 is 0 Å². The molecule has 1 fully saturated rings. The number of hydrogen-bond donors (Lipinski definition) is 1. The van der Waals surface area contributed by atoms with Crippen LogP contribution in [0.5, 0.6) is 0 Å². The van der Waals surface area contributed by atoms with E-state index in [9.17, 15) is 9.90 Å². The van der Waals surface area contributed by atoms with Crippen molar-refractivity contribution in [1.82, 2.24) is 15.0 Å². The standard InChI is InChI=1S/C19H25N3O3/c1-14-17(15(2)25-20-14)12-19(24)22-10-8-21(9-11-22)13-18(23)16-6-4-3-5-7-16/h3-7,18,23H,8-13H2,1-2H3/t18-/m1/s1. The Morgan fingerprint density at radius 2 is 1.88 bits per heavy atom. The molecule has 1 N–H and O–H groups in total. The maximum atomic E-state index is 12.5. The van der Waals surface area contributed by atoms with Gasteiger partial charge < -0.3 is 14.5 Å². The van der Waals surface area contributed by atoms with Gasteiger partial charge in [-0.1, -0.05) is 35.5 Å². The van der Waals surface area contributed by atoms with E-state index in [0.717, 1.165) is 35.7 Å². The molecular weight excluding hydrogens is 318 g/mol. The molecule has 1 atom stereocenters. The SMILES string of the molecule is Cc1noc(C)c1CC(=O)N1CCN(C[C@@H](O)c2ccccc2)CC1. The monoisotopic (exact) mass is 343 g/mol. The molecule has 2 aromatic rings. The number of benzene rings is 1. The van der Waals surface area contributed by atoms with Crippen molar-refractivity contribution in [3.8, 4) is 0 Å². The van der Waals surface area contributed by atoms with E-state index in [1.54, 1.807) is 0 Å². The zero-order valence-electron chi connectivity index (χ0n) is 14.8. The van der Waals surface area contributed by atoms with E-state index >= 15 is 0 Å². The lowest BCUT2D eigenvalue weighted by Gasteiger charge is -2.35. The van der Waals surface area contributed by atoms with Gasteiger partial charge in [-0.25, -0.2) is 0 Å². The van der Waals surface area contributed by atoms with Crippen molar-refractivity contribution < 1.29 is 14.4 Å². The number of amides is 1. The Balaban J connectivity index is 1.49. The van der Waals surface area contributed by atoms with Crippen LogP contribution >= 0.6 is 0 Å². The van der Waals surface area contributed by atoms with Gasteiger partial charge in [0.15, 0.2) is 0 Å².